The summed E-state index contributed by atoms with van der Waals surface area (Å²) >= 11 is 0. The topological polar surface area (TPSA) is 0 Å². The van der Waals surface area contributed by atoms with Gasteiger partial charge in [-0.1, -0.05) is 134 Å². The molecule has 1 radical (unpaired) electrons. The summed E-state index contributed by atoms with van der Waals surface area (Å²) in [4.78, 5) is 0. The predicted molar refractivity (Wildman–Crippen MR) is 115 cm³/mol. The van der Waals surface area contributed by atoms with Crippen molar-refractivity contribution in [3.8, 4) is 0 Å². The molecule has 0 aliphatic carbocycles. The third-order valence-corrected chi connectivity index (χ3v) is 5.16. The molecular formula is C24H42K. The summed E-state index contributed by atoms with van der Waals surface area (Å²) in [6, 6.07) is 10.9. The van der Waals surface area contributed by atoms with Crippen LogP contribution in [0.4, 0.5) is 0 Å². The van der Waals surface area contributed by atoms with Crippen LogP contribution in [0.1, 0.15) is 115 Å². The zero-order valence-electron chi connectivity index (χ0n) is 17.4. The van der Waals surface area contributed by atoms with Gasteiger partial charge in [-0.05, 0) is 18.4 Å². The molecule has 0 unspecified atom stereocenters. The Kier molecular flexibility index (Phi) is 21.9. The van der Waals surface area contributed by atoms with E-state index in [4.69, 9.17) is 0 Å². The van der Waals surface area contributed by atoms with Gasteiger partial charge >= 0.3 is 0 Å². The molecule has 0 aromatic heterocycles. The van der Waals surface area contributed by atoms with Crippen molar-refractivity contribution in [3.63, 3.8) is 0 Å². The summed E-state index contributed by atoms with van der Waals surface area (Å²) in [5, 5.41) is 0. The van der Waals surface area contributed by atoms with Crippen molar-refractivity contribution in [3.05, 3.63) is 35.9 Å². The molecule has 0 amide bonds. The predicted octanol–water partition coefficient (Wildman–Crippen LogP) is 8.11. The molecule has 139 valence electrons. The fourth-order valence-electron chi connectivity index (χ4n) is 3.52. The second-order valence-electron chi connectivity index (χ2n) is 7.54. The van der Waals surface area contributed by atoms with Crippen molar-refractivity contribution in [1.29, 1.82) is 0 Å². The summed E-state index contributed by atoms with van der Waals surface area (Å²) in [5.74, 6) is 0. The van der Waals surface area contributed by atoms with Crippen molar-refractivity contribution in [2.75, 3.05) is 0 Å². The molecule has 25 heavy (non-hydrogen) atoms. The zero-order valence-corrected chi connectivity index (χ0v) is 20.5. The molecule has 0 aliphatic rings. The number of hydrogen-bond donors (Lipinski definition) is 0. The van der Waals surface area contributed by atoms with Gasteiger partial charge in [0, 0.05) is 51.4 Å². The zero-order chi connectivity index (χ0) is 17.1. The van der Waals surface area contributed by atoms with E-state index in [0.717, 1.165) is 0 Å². The molecule has 1 heteroatoms. The number of rotatable bonds is 17. The van der Waals surface area contributed by atoms with Gasteiger partial charge in [-0.3, -0.25) is 0 Å². The first kappa shape index (κ1) is 25.9. The van der Waals surface area contributed by atoms with Gasteiger partial charge in [0.1, 0.15) is 0 Å². The van der Waals surface area contributed by atoms with E-state index >= 15 is 0 Å². The third kappa shape index (κ3) is 18.0. The van der Waals surface area contributed by atoms with Gasteiger partial charge in [0.15, 0.2) is 0 Å². The van der Waals surface area contributed by atoms with Gasteiger partial charge in [0.25, 0.3) is 0 Å². The SMILES string of the molecule is CCCCCCCCCCCCCCCCCCc1ccccc1.[K]. The molecule has 1 rings (SSSR count). The van der Waals surface area contributed by atoms with Crippen LogP contribution < -0.4 is 0 Å². The van der Waals surface area contributed by atoms with Gasteiger partial charge in [-0.25, -0.2) is 0 Å². The minimum absolute atomic E-state index is 0. The molecule has 0 bridgehead atoms. The van der Waals surface area contributed by atoms with Crippen LogP contribution in [-0.4, -0.2) is 51.4 Å². The molecule has 0 spiro atoms. The van der Waals surface area contributed by atoms with E-state index in [9.17, 15) is 0 Å². The maximum atomic E-state index is 2.30. The maximum Gasteiger partial charge on any atom is 0 e. The molecule has 0 saturated carbocycles. The van der Waals surface area contributed by atoms with Crippen molar-refractivity contribution in [1.82, 2.24) is 0 Å². The van der Waals surface area contributed by atoms with Gasteiger partial charge < -0.3 is 0 Å². The van der Waals surface area contributed by atoms with E-state index in [0.29, 0.717) is 0 Å². The van der Waals surface area contributed by atoms with E-state index < -0.39 is 0 Å². The average Bonchev–Trinajstić information content (AvgIpc) is 2.62. The van der Waals surface area contributed by atoms with E-state index in [1.807, 2.05) is 0 Å². The standard InChI is InChI=1S/C24H42.K/c1-2-3-4-5-6-7-8-9-10-11-12-13-14-15-16-18-21-24-22-19-17-20-23-24;/h17,19-20,22-23H,2-16,18,21H2,1H3;. The summed E-state index contributed by atoms with van der Waals surface area (Å²) < 4.78 is 0. The summed E-state index contributed by atoms with van der Waals surface area (Å²) in [7, 11) is 0. The minimum atomic E-state index is 0. The van der Waals surface area contributed by atoms with Gasteiger partial charge in [0.05, 0.1) is 0 Å². The first-order valence-corrected chi connectivity index (χ1v) is 11.0. The molecule has 0 heterocycles. The van der Waals surface area contributed by atoms with Gasteiger partial charge in [-0.15, -0.1) is 0 Å². The summed E-state index contributed by atoms with van der Waals surface area (Å²) in [5.41, 5.74) is 1.50. The van der Waals surface area contributed by atoms with E-state index in [1.165, 1.54) is 115 Å². The number of unbranched alkanes of at least 4 members (excludes halogenated alkanes) is 15. The normalized spacial score (nSPS) is 10.6. The van der Waals surface area contributed by atoms with Crippen molar-refractivity contribution in [2.45, 2.75) is 116 Å². The first-order chi connectivity index (χ1) is 11.9. The van der Waals surface area contributed by atoms with Crippen LogP contribution in [-0.2, 0) is 6.42 Å². The fourth-order valence-corrected chi connectivity index (χ4v) is 3.52. The molecule has 1 aromatic rings. The van der Waals surface area contributed by atoms with Crippen LogP contribution in [0.5, 0.6) is 0 Å². The molecule has 0 saturated heterocycles. The van der Waals surface area contributed by atoms with Crippen molar-refractivity contribution in [2.24, 2.45) is 0 Å². The monoisotopic (exact) mass is 369 g/mol. The molecule has 0 N–H and O–H groups in total. The second-order valence-corrected chi connectivity index (χ2v) is 7.54. The Bertz CT molecular complexity index is 346. The number of benzene rings is 1. The van der Waals surface area contributed by atoms with Crippen LogP contribution in [0, 0.1) is 0 Å². The van der Waals surface area contributed by atoms with Crippen LogP contribution in [0.15, 0.2) is 30.3 Å². The minimum Gasteiger partial charge on any atom is -0.0654 e. The van der Waals surface area contributed by atoms with E-state index in [1.54, 1.807) is 0 Å². The first-order valence-electron chi connectivity index (χ1n) is 11.0. The van der Waals surface area contributed by atoms with Gasteiger partial charge in [0.2, 0.25) is 0 Å². The van der Waals surface area contributed by atoms with Crippen molar-refractivity contribution >= 4 is 51.4 Å². The molecule has 0 nitrogen and oxygen atoms in total. The third-order valence-electron chi connectivity index (χ3n) is 5.16. The Morgan fingerprint density at radius 1 is 0.480 bits per heavy atom. The maximum absolute atomic E-state index is 2.30. The second kappa shape index (κ2) is 21.2. The fraction of sp³-hybridized carbons (Fsp3) is 0.750. The number of aryl methyl sites for hydroxylation is 1. The number of hydrogen-bond acceptors (Lipinski definition) is 0. The van der Waals surface area contributed by atoms with Crippen LogP contribution >= 0.6 is 0 Å². The molecule has 0 atom stereocenters. The molecule has 0 aliphatic heterocycles. The van der Waals surface area contributed by atoms with E-state index in [2.05, 4.69) is 37.3 Å². The van der Waals surface area contributed by atoms with Crippen molar-refractivity contribution < 1.29 is 0 Å². The average molecular weight is 370 g/mol. The Labute approximate surface area is 201 Å². The Morgan fingerprint density at radius 2 is 0.840 bits per heavy atom. The summed E-state index contributed by atoms with van der Waals surface area (Å²) in [6.45, 7) is 2.30. The van der Waals surface area contributed by atoms with E-state index in [-0.39, 0.29) is 51.4 Å². The molecular weight excluding hydrogens is 327 g/mol. The molecule has 1 aromatic carbocycles. The Morgan fingerprint density at radius 3 is 1.24 bits per heavy atom. The quantitative estimate of drug-likeness (QED) is 0.192. The summed E-state index contributed by atoms with van der Waals surface area (Å²) in [6.07, 6.45) is 24.4. The van der Waals surface area contributed by atoms with Crippen LogP contribution in [0.3, 0.4) is 0 Å². The van der Waals surface area contributed by atoms with Crippen LogP contribution in [0.25, 0.3) is 0 Å². The Hall–Kier alpha value is 0.856. The molecule has 0 fully saturated rings. The largest absolute Gasteiger partial charge is 0.0654 e. The smallest absolute Gasteiger partial charge is 0 e. The van der Waals surface area contributed by atoms with Crippen LogP contribution in [0.2, 0.25) is 0 Å². The Balaban J connectivity index is 0.00000576. The van der Waals surface area contributed by atoms with Gasteiger partial charge in [-0.2, -0.15) is 0 Å².